The first-order valence-electron chi connectivity index (χ1n) is 6.40. The molecule has 3 nitrogen and oxygen atoms in total. The van der Waals surface area contributed by atoms with E-state index in [1.165, 1.54) is 11.3 Å². The fourth-order valence-electron chi connectivity index (χ4n) is 2.33. The Morgan fingerprint density at radius 1 is 1.35 bits per heavy atom. The van der Waals surface area contributed by atoms with Crippen molar-refractivity contribution in [1.82, 2.24) is 9.55 Å². The molecule has 0 saturated heterocycles. The van der Waals surface area contributed by atoms with E-state index in [0.717, 1.165) is 31.4 Å². The SMILES string of the molecule is CCn1c(CC(C)CCN)nc2ccccc21. The Labute approximate surface area is 103 Å². The van der Waals surface area contributed by atoms with Gasteiger partial charge >= 0.3 is 0 Å². The van der Waals surface area contributed by atoms with Gasteiger partial charge in [-0.05, 0) is 37.9 Å². The van der Waals surface area contributed by atoms with Crippen LogP contribution in [0.4, 0.5) is 0 Å². The third kappa shape index (κ3) is 2.50. The number of hydrogen-bond donors (Lipinski definition) is 1. The molecule has 92 valence electrons. The molecule has 0 bridgehead atoms. The van der Waals surface area contributed by atoms with E-state index in [2.05, 4.69) is 36.6 Å². The lowest BCUT2D eigenvalue weighted by molar-refractivity contribution is 0.511. The van der Waals surface area contributed by atoms with Gasteiger partial charge in [0.25, 0.3) is 0 Å². The average Bonchev–Trinajstić information content (AvgIpc) is 2.66. The number of rotatable bonds is 5. The zero-order valence-electron chi connectivity index (χ0n) is 10.7. The summed E-state index contributed by atoms with van der Waals surface area (Å²) in [6.07, 6.45) is 2.08. The van der Waals surface area contributed by atoms with E-state index in [1.54, 1.807) is 0 Å². The topological polar surface area (TPSA) is 43.8 Å². The second-order valence-corrected chi connectivity index (χ2v) is 4.65. The van der Waals surface area contributed by atoms with Crippen molar-refractivity contribution in [2.24, 2.45) is 11.7 Å². The van der Waals surface area contributed by atoms with Crippen LogP contribution in [0.2, 0.25) is 0 Å². The summed E-state index contributed by atoms with van der Waals surface area (Å²) in [5.41, 5.74) is 7.94. The molecular weight excluding hydrogens is 210 g/mol. The predicted octanol–water partition coefficient (Wildman–Crippen LogP) is 2.58. The lowest BCUT2D eigenvalue weighted by atomic mass is 10.0. The summed E-state index contributed by atoms with van der Waals surface area (Å²) in [6, 6.07) is 8.34. The molecule has 0 saturated carbocycles. The molecule has 3 heteroatoms. The molecule has 2 N–H and O–H groups in total. The average molecular weight is 231 g/mol. The van der Waals surface area contributed by atoms with Crippen LogP contribution in [-0.2, 0) is 13.0 Å². The zero-order chi connectivity index (χ0) is 12.3. The Morgan fingerprint density at radius 3 is 2.82 bits per heavy atom. The molecule has 1 atom stereocenters. The number of para-hydroxylation sites is 2. The minimum Gasteiger partial charge on any atom is -0.330 e. The smallest absolute Gasteiger partial charge is 0.110 e. The molecular formula is C14H21N3. The number of benzene rings is 1. The lowest BCUT2D eigenvalue weighted by Gasteiger charge is -2.11. The molecule has 1 aromatic carbocycles. The third-order valence-electron chi connectivity index (χ3n) is 3.24. The molecule has 0 radical (unpaired) electrons. The fraction of sp³-hybridized carbons (Fsp3) is 0.500. The van der Waals surface area contributed by atoms with Gasteiger partial charge in [0.1, 0.15) is 5.82 Å². The maximum absolute atomic E-state index is 5.60. The summed E-state index contributed by atoms with van der Waals surface area (Å²) in [6.45, 7) is 6.15. The first-order valence-corrected chi connectivity index (χ1v) is 6.40. The molecule has 0 aliphatic carbocycles. The van der Waals surface area contributed by atoms with E-state index in [4.69, 9.17) is 10.7 Å². The van der Waals surface area contributed by atoms with E-state index in [9.17, 15) is 0 Å². The number of hydrogen-bond acceptors (Lipinski definition) is 2. The maximum Gasteiger partial charge on any atom is 0.110 e. The predicted molar refractivity (Wildman–Crippen MR) is 71.9 cm³/mol. The van der Waals surface area contributed by atoms with E-state index in [1.807, 2.05) is 6.07 Å². The van der Waals surface area contributed by atoms with Crippen LogP contribution in [0.5, 0.6) is 0 Å². The van der Waals surface area contributed by atoms with Crippen LogP contribution >= 0.6 is 0 Å². The number of fused-ring (bicyclic) bond motifs is 1. The summed E-state index contributed by atoms with van der Waals surface area (Å²) < 4.78 is 2.31. The molecule has 17 heavy (non-hydrogen) atoms. The Morgan fingerprint density at radius 2 is 2.12 bits per heavy atom. The van der Waals surface area contributed by atoms with Crippen molar-refractivity contribution in [2.75, 3.05) is 6.54 Å². The fourth-order valence-corrected chi connectivity index (χ4v) is 2.33. The first-order chi connectivity index (χ1) is 8.26. The van der Waals surface area contributed by atoms with Crippen LogP contribution in [0.15, 0.2) is 24.3 Å². The molecule has 2 rings (SSSR count). The summed E-state index contributed by atoms with van der Waals surface area (Å²) in [7, 11) is 0. The van der Waals surface area contributed by atoms with Gasteiger partial charge in [0.15, 0.2) is 0 Å². The van der Waals surface area contributed by atoms with Crippen molar-refractivity contribution in [1.29, 1.82) is 0 Å². The van der Waals surface area contributed by atoms with Crippen molar-refractivity contribution >= 4 is 11.0 Å². The maximum atomic E-state index is 5.60. The van der Waals surface area contributed by atoms with Crippen LogP contribution in [0.3, 0.4) is 0 Å². The van der Waals surface area contributed by atoms with Gasteiger partial charge in [-0.2, -0.15) is 0 Å². The molecule has 1 heterocycles. The van der Waals surface area contributed by atoms with E-state index in [-0.39, 0.29) is 0 Å². The van der Waals surface area contributed by atoms with Crippen LogP contribution < -0.4 is 5.73 Å². The van der Waals surface area contributed by atoms with Gasteiger partial charge in [-0.1, -0.05) is 19.1 Å². The molecule has 0 fully saturated rings. The van der Waals surface area contributed by atoms with Gasteiger partial charge in [-0.3, -0.25) is 0 Å². The van der Waals surface area contributed by atoms with E-state index < -0.39 is 0 Å². The molecule has 1 aromatic heterocycles. The molecule has 0 aliphatic rings. The highest BCUT2D eigenvalue weighted by atomic mass is 15.1. The molecule has 2 aromatic rings. The summed E-state index contributed by atoms with van der Waals surface area (Å²) in [5.74, 6) is 1.79. The van der Waals surface area contributed by atoms with Crippen molar-refractivity contribution in [3.8, 4) is 0 Å². The van der Waals surface area contributed by atoms with Gasteiger partial charge in [0.05, 0.1) is 11.0 Å². The van der Waals surface area contributed by atoms with Crippen LogP contribution in [-0.4, -0.2) is 16.1 Å². The second kappa shape index (κ2) is 5.32. The number of aryl methyl sites for hydroxylation is 1. The van der Waals surface area contributed by atoms with Crippen LogP contribution in [0, 0.1) is 5.92 Å². The highest BCUT2D eigenvalue weighted by molar-refractivity contribution is 5.75. The molecule has 1 unspecified atom stereocenters. The van der Waals surface area contributed by atoms with E-state index in [0.29, 0.717) is 5.92 Å². The standard InChI is InChI=1S/C14H21N3/c1-3-17-13-7-5-4-6-12(13)16-14(17)10-11(2)8-9-15/h4-7,11H,3,8-10,15H2,1-2H3. The molecule has 0 amide bonds. The largest absolute Gasteiger partial charge is 0.330 e. The lowest BCUT2D eigenvalue weighted by Crippen LogP contribution is -2.11. The normalized spacial score (nSPS) is 13.1. The second-order valence-electron chi connectivity index (χ2n) is 4.65. The summed E-state index contributed by atoms with van der Waals surface area (Å²) in [4.78, 5) is 4.73. The van der Waals surface area contributed by atoms with Crippen molar-refractivity contribution in [3.05, 3.63) is 30.1 Å². The van der Waals surface area contributed by atoms with Crippen molar-refractivity contribution < 1.29 is 0 Å². The monoisotopic (exact) mass is 231 g/mol. The number of nitrogens with two attached hydrogens (primary N) is 1. The highest BCUT2D eigenvalue weighted by Crippen LogP contribution is 2.19. The zero-order valence-corrected chi connectivity index (χ0v) is 10.7. The summed E-state index contributed by atoms with van der Waals surface area (Å²) >= 11 is 0. The summed E-state index contributed by atoms with van der Waals surface area (Å²) in [5, 5.41) is 0. The Kier molecular flexibility index (Phi) is 3.79. The first kappa shape index (κ1) is 12.1. The van der Waals surface area contributed by atoms with Crippen LogP contribution in [0.1, 0.15) is 26.1 Å². The van der Waals surface area contributed by atoms with Gasteiger partial charge < -0.3 is 10.3 Å². The van der Waals surface area contributed by atoms with Crippen molar-refractivity contribution in [3.63, 3.8) is 0 Å². The highest BCUT2D eigenvalue weighted by Gasteiger charge is 2.11. The van der Waals surface area contributed by atoms with Crippen LogP contribution in [0.25, 0.3) is 11.0 Å². The quantitative estimate of drug-likeness (QED) is 0.859. The Balaban J connectivity index is 2.33. The minimum absolute atomic E-state index is 0.599. The van der Waals surface area contributed by atoms with Gasteiger partial charge in [0, 0.05) is 13.0 Å². The van der Waals surface area contributed by atoms with Gasteiger partial charge in [0.2, 0.25) is 0 Å². The number of imidazole rings is 1. The Hall–Kier alpha value is -1.35. The minimum atomic E-state index is 0.599. The Bertz CT molecular complexity index is 487. The number of aromatic nitrogens is 2. The molecule has 0 aliphatic heterocycles. The number of nitrogens with zero attached hydrogens (tertiary/aromatic N) is 2. The third-order valence-corrected chi connectivity index (χ3v) is 3.24. The molecule has 0 spiro atoms. The van der Waals surface area contributed by atoms with Gasteiger partial charge in [-0.25, -0.2) is 4.98 Å². The van der Waals surface area contributed by atoms with Gasteiger partial charge in [-0.15, -0.1) is 0 Å². The van der Waals surface area contributed by atoms with Crippen molar-refractivity contribution in [2.45, 2.75) is 33.2 Å². The van der Waals surface area contributed by atoms with E-state index >= 15 is 0 Å².